The Kier molecular flexibility index (Phi) is 6.55. The van der Waals surface area contributed by atoms with Crippen molar-refractivity contribution in [3.8, 4) is 0 Å². The lowest BCUT2D eigenvalue weighted by Gasteiger charge is -2.19. The molecule has 1 N–H and O–H groups in total. The van der Waals surface area contributed by atoms with Gasteiger partial charge in [-0.2, -0.15) is 0 Å². The summed E-state index contributed by atoms with van der Waals surface area (Å²) < 4.78 is 5.17. The number of carbonyl (C=O) groups excluding carboxylic acids is 1. The minimum absolute atomic E-state index is 0.305. The third-order valence-corrected chi connectivity index (χ3v) is 4.02. The van der Waals surface area contributed by atoms with E-state index in [1.807, 2.05) is 48.5 Å². The fraction of sp³-hybridized carbons (Fsp3) is 0.300. The second-order valence-corrected chi connectivity index (χ2v) is 5.59. The van der Waals surface area contributed by atoms with Gasteiger partial charge in [0.25, 0.3) is 0 Å². The summed E-state index contributed by atoms with van der Waals surface area (Å²) in [6.07, 6.45) is 0.798. The Labute approximate surface area is 142 Å². The monoisotopic (exact) mass is 326 g/mol. The van der Waals surface area contributed by atoms with E-state index in [-0.39, 0.29) is 5.97 Å². The summed E-state index contributed by atoms with van der Waals surface area (Å²) in [4.78, 5) is 23.9. The molecule has 0 aliphatic carbocycles. The van der Waals surface area contributed by atoms with Gasteiger partial charge in [-0.3, -0.25) is 9.59 Å². The molecule has 2 aromatic carbocycles. The molecule has 0 aromatic heterocycles. The van der Waals surface area contributed by atoms with Gasteiger partial charge in [0.2, 0.25) is 0 Å². The van der Waals surface area contributed by atoms with Gasteiger partial charge in [-0.15, -0.1) is 0 Å². The maximum Gasteiger partial charge on any atom is 0.313 e. The third-order valence-electron chi connectivity index (χ3n) is 4.02. The van der Waals surface area contributed by atoms with Crippen LogP contribution in [-0.4, -0.2) is 23.7 Å². The molecule has 4 nitrogen and oxygen atoms in total. The average Bonchev–Trinajstić information content (AvgIpc) is 2.60. The standard InChI is InChI=1S/C20H22O4/c1-2-24-20(23)18(16-11-7-4-8-12-16)14-13-17(19(21)22)15-9-5-3-6-10-15/h3-12,17-18H,2,13-14H2,1H3,(H,21,22)/t17-,18+/m0/s1. The highest BCUT2D eigenvalue weighted by molar-refractivity contribution is 5.79. The predicted octanol–water partition coefficient (Wildman–Crippen LogP) is 3.98. The van der Waals surface area contributed by atoms with Crippen molar-refractivity contribution in [2.24, 2.45) is 0 Å². The Bertz CT molecular complexity index is 652. The van der Waals surface area contributed by atoms with Gasteiger partial charge < -0.3 is 9.84 Å². The number of benzene rings is 2. The van der Waals surface area contributed by atoms with Crippen LogP contribution in [0.3, 0.4) is 0 Å². The van der Waals surface area contributed by atoms with E-state index in [1.54, 1.807) is 19.1 Å². The fourth-order valence-corrected chi connectivity index (χ4v) is 2.80. The zero-order valence-corrected chi connectivity index (χ0v) is 13.7. The molecule has 0 spiro atoms. The summed E-state index contributed by atoms with van der Waals surface area (Å²) >= 11 is 0. The highest BCUT2D eigenvalue weighted by Crippen LogP contribution is 2.29. The van der Waals surface area contributed by atoms with Crippen molar-refractivity contribution in [3.63, 3.8) is 0 Å². The number of carbonyl (C=O) groups is 2. The molecule has 126 valence electrons. The highest BCUT2D eigenvalue weighted by Gasteiger charge is 2.26. The van der Waals surface area contributed by atoms with Crippen LogP contribution in [-0.2, 0) is 14.3 Å². The van der Waals surface area contributed by atoms with E-state index >= 15 is 0 Å². The van der Waals surface area contributed by atoms with Crippen molar-refractivity contribution in [2.45, 2.75) is 31.6 Å². The quantitative estimate of drug-likeness (QED) is 0.745. The zero-order valence-electron chi connectivity index (χ0n) is 13.7. The maximum absolute atomic E-state index is 12.3. The molecule has 0 amide bonds. The van der Waals surface area contributed by atoms with Gasteiger partial charge in [0, 0.05) is 0 Å². The first kappa shape index (κ1) is 17.7. The number of ether oxygens (including phenoxy) is 1. The molecule has 0 aliphatic rings. The summed E-state index contributed by atoms with van der Waals surface area (Å²) in [7, 11) is 0. The third kappa shape index (κ3) is 4.69. The van der Waals surface area contributed by atoms with E-state index in [0.29, 0.717) is 19.4 Å². The molecule has 0 unspecified atom stereocenters. The Morgan fingerprint density at radius 1 is 0.875 bits per heavy atom. The van der Waals surface area contributed by atoms with Crippen molar-refractivity contribution in [1.29, 1.82) is 0 Å². The summed E-state index contributed by atoms with van der Waals surface area (Å²) in [6.45, 7) is 2.08. The molecule has 4 heteroatoms. The second-order valence-electron chi connectivity index (χ2n) is 5.59. The highest BCUT2D eigenvalue weighted by atomic mass is 16.5. The maximum atomic E-state index is 12.3. The molecule has 0 fully saturated rings. The summed E-state index contributed by atoms with van der Waals surface area (Å²) in [5.41, 5.74) is 1.61. The number of hydrogen-bond donors (Lipinski definition) is 1. The van der Waals surface area contributed by atoms with Gasteiger partial charge in [-0.05, 0) is 30.9 Å². The minimum Gasteiger partial charge on any atom is -0.481 e. The van der Waals surface area contributed by atoms with Crippen LogP contribution in [0.15, 0.2) is 60.7 Å². The SMILES string of the molecule is CCOC(=O)[C@H](CC[C@H](C(=O)O)c1ccccc1)c1ccccc1. The van der Waals surface area contributed by atoms with Gasteiger partial charge in [0.15, 0.2) is 0 Å². The molecule has 0 aliphatic heterocycles. The fourth-order valence-electron chi connectivity index (χ4n) is 2.80. The van der Waals surface area contributed by atoms with Crippen molar-refractivity contribution >= 4 is 11.9 Å². The molecule has 2 rings (SSSR count). The van der Waals surface area contributed by atoms with Gasteiger partial charge >= 0.3 is 11.9 Å². The number of carboxylic acid groups (broad SMARTS) is 1. The first-order valence-corrected chi connectivity index (χ1v) is 8.12. The average molecular weight is 326 g/mol. The van der Waals surface area contributed by atoms with Crippen LogP contribution >= 0.6 is 0 Å². The first-order valence-electron chi connectivity index (χ1n) is 8.12. The number of carboxylic acids is 1. The first-order chi connectivity index (χ1) is 11.6. The van der Waals surface area contributed by atoms with E-state index in [0.717, 1.165) is 11.1 Å². The molecule has 2 aromatic rings. The lowest BCUT2D eigenvalue weighted by molar-refractivity contribution is -0.146. The molecule has 0 saturated carbocycles. The normalized spacial score (nSPS) is 13.0. The number of aliphatic carboxylic acids is 1. The van der Waals surface area contributed by atoms with E-state index in [4.69, 9.17) is 4.74 Å². The van der Waals surface area contributed by atoms with Crippen molar-refractivity contribution in [2.75, 3.05) is 6.61 Å². The molecule has 0 heterocycles. The molecule has 0 bridgehead atoms. The number of hydrogen-bond acceptors (Lipinski definition) is 3. The summed E-state index contributed by atoms with van der Waals surface area (Å²) in [5.74, 6) is -2.26. The Morgan fingerprint density at radius 2 is 1.33 bits per heavy atom. The molecular formula is C20H22O4. The minimum atomic E-state index is -0.878. The smallest absolute Gasteiger partial charge is 0.313 e. The van der Waals surface area contributed by atoms with Gasteiger partial charge in [0.1, 0.15) is 0 Å². The van der Waals surface area contributed by atoms with E-state index in [1.165, 1.54) is 0 Å². The van der Waals surface area contributed by atoms with Crippen molar-refractivity contribution in [3.05, 3.63) is 71.8 Å². The predicted molar refractivity (Wildman–Crippen MR) is 91.9 cm³/mol. The number of rotatable bonds is 8. The van der Waals surface area contributed by atoms with Crippen LogP contribution in [0.5, 0.6) is 0 Å². The van der Waals surface area contributed by atoms with Crippen LogP contribution < -0.4 is 0 Å². The van der Waals surface area contributed by atoms with E-state index in [2.05, 4.69) is 0 Å². The lowest BCUT2D eigenvalue weighted by atomic mass is 9.87. The molecule has 0 saturated heterocycles. The van der Waals surface area contributed by atoms with E-state index < -0.39 is 17.8 Å². The summed E-state index contributed by atoms with van der Waals surface area (Å²) in [6, 6.07) is 18.5. The topological polar surface area (TPSA) is 63.6 Å². The lowest BCUT2D eigenvalue weighted by Crippen LogP contribution is -2.19. The Balaban J connectivity index is 2.16. The molecule has 0 radical (unpaired) electrons. The Hall–Kier alpha value is -2.62. The van der Waals surface area contributed by atoms with Crippen LogP contribution in [0.1, 0.15) is 42.7 Å². The van der Waals surface area contributed by atoms with Crippen molar-refractivity contribution < 1.29 is 19.4 Å². The van der Waals surface area contributed by atoms with Crippen molar-refractivity contribution in [1.82, 2.24) is 0 Å². The molecular weight excluding hydrogens is 304 g/mol. The Morgan fingerprint density at radius 3 is 1.79 bits per heavy atom. The van der Waals surface area contributed by atoms with Crippen LogP contribution in [0.2, 0.25) is 0 Å². The zero-order chi connectivity index (χ0) is 17.4. The van der Waals surface area contributed by atoms with Crippen LogP contribution in [0, 0.1) is 0 Å². The van der Waals surface area contributed by atoms with Crippen LogP contribution in [0.25, 0.3) is 0 Å². The van der Waals surface area contributed by atoms with Crippen LogP contribution in [0.4, 0.5) is 0 Å². The van der Waals surface area contributed by atoms with E-state index in [9.17, 15) is 14.7 Å². The number of esters is 1. The molecule has 24 heavy (non-hydrogen) atoms. The molecule has 2 atom stereocenters. The largest absolute Gasteiger partial charge is 0.481 e. The summed E-state index contributed by atoms with van der Waals surface area (Å²) in [5, 5.41) is 9.54. The van der Waals surface area contributed by atoms with Gasteiger partial charge in [-0.25, -0.2) is 0 Å². The van der Waals surface area contributed by atoms with Gasteiger partial charge in [-0.1, -0.05) is 60.7 Å². The van der Waals surface area contributed by atoms with Gasteiger partial charge in [0.05, 0.1) is 18.4 Å². The second kappa shape index (κ2) is 8.87.